The molecule has 4 heterocycles. The summed E-state index contributed by atoms with van der Waals surface area (Å²) in [6.45, 7) is 2.12. The minimum Gasteiger partial charge on any atom is -0.332 e. The van der Waals surface area contributed by atoms with E-state index in [-0.39, 0.29) is 5.91 Å². The summed E-state index contributed by atoms with van der Waals surface area (Å²) in [6.07, 6.45) is 6.75. The number of nitrogens with zero attached hydrogens (tertiary/aromatic N) is 7. The summed E-state index contributed by atoms with van der Waals surface area (Å²) in [5.41, 5.74) is 3.54. The molecule has 2 aliphatic rings. The van der Waals surface area contributed by atoms with E-state index in [0.717, 1.165) is 41.7 Å². The van der Waals surface area contributed by atoms with Crippen molar-refractivity contribution < 1.29 is 4.79 Å². The number of hydrogen-bond donors (Lipinski definition) is 0. The second kappa shape index (κ2) is 6.29. The molecule has 1 saturated carbocycles. The van der Waals surface area contributed by atoms with Gasteiger partial charge in [0.15, 0.2) is 5.82 Å². The van der Waals surface area contributed by atoms with E-state index in [4.69, 9.17) is 5.10 Å². The maximum Gasteiger partial charge on any atom is 0.272 e. The Balaban J connectivity index is 1.48. The van der Waals surface area contributed by atoms with Crippen molar-refractivity contribution in [2.75, 3.05) is 6.54 Å². The molecule has 5 rings (SSSR count). The predicted molar refractivity (Wildman–Crippen MR) is 97.6 cm³/mol. The predicted octanol–water partition coefficient (Wildman–Crippen LogP) is 1.68. The van der Waals surface area contributed by atoms with Crippen molar-refractivity contribution in [2.45, 2.75) is 32.4 Å². The van der Waals surface area contributed by atoms with Gasteiger partial charge in [0, 0.05) is 44.0 Å². The highest BCUT2D eigenvalue weighted by Crippen LogP contribution is 2.33. The Morgan fingerprint density at radius 3 is 2.96 bits per heavy atom. The lowest BCUT2D eigenvalue weighted by molar-refractivity contribution is 0.0727. The highest BCUT2D eigenvalue weighted by atomic mass is 16.2. The second-order valence-electron chi connectivity index (χ2n) is 7.34. The lowest BCUT2D eigenvalue weighted by Gasteiger charge is -2.27. The maximum absolute atomic E-state index is 12.8. The summed E-state index contributed by atoms with van der Waals surface area (Å²) in [7, 11) is 1.96. The van der Waals surface area contributed by atoms with Crippen LogP contribution in [-0.2, 0) is 26.6 Å². The number of fused-ring (bicyclic) bond motifs is 1. The molecule has 27 heavy (non-hydrogen) atoms. The van der Waals surface area contributed by atoms with Crippen molar-refractivity contribution in [3.63, 3.8) is 0 Å². The van der Waals surface area contributed by atoms with Crippen LogP contribution in [0, 0.1) is 5.92 Å². The van der Waals surface area contributed by atoms with E-state index >= 15 is 0 Å². The van der Waals surface area contributed by atoms with E-state index in [1.165, 1.54) is 12.8 Å². The van der Waals surface area contributed by atoms with Crippen LogP contribution >= 0.6 is 0 Å². The number of carbonyl (C=O) groups excluding carboxylic acids is 1. The first-order chi connectivity index (χ1) is 13.2. The number of hydrogen-bond acceptors (Lipinski definition) is 5. The number of aromatic nitrogens is 6. The van der Waals surface area contributed by atoms with E-state index in [0.29, 0.717) is 18.8 Å². The zero-order valence-electron chi connectivity index (χ0n) is 15.2. The Kier molecular flexibility index (Phi) is 3.77. The topological polar surface area (TPSA) is 81.7 Å². The van der Waals surface area contributed by atoms with Crippen molar-refractivity contribution in [2.24, 2.45) is 13.0 Å². The number of amides is 1. The molecule has 0 radical (unpaired) electrons. The number of pyridine rings is 1. The van der Waals surface area contributed by atoms with Gasteiger partial charge >= 0.3 is 0 Å². The Morgan fingerprint density at radius 2 is 2.19 bits per heavy atom. The summed E-state index contributed by atoms with van der Waals surface area (Å²) in [4.78, 5) is 18.9. The number of carbonyl (C=O) groups is 1. The van der Waals surface area contributed by atoms with Crippen LogP contribution in [0.4, 0.5) is 0 Å². The second-order valence-corrected chi connectivity index (χ2v) is 7.34. The molecule has 0 saturated heterocycles. The molecule has 138 valence electrons. The molecule has 8 nitrogen and oxygen atoms in total. The van der Waals surface area contributed by atoms with Crippen LogP contribution in [0.25, 0.3) is 11.5 Å². The van der Waals surface area contributed by atoms with Gasteiger partial charge in [-0.25, -0.2) is 0 Å². The molecule has 0 aromatic carbocycles. The molecule has 8 heteroatoms. The van der Waals surface area contributed by atoms with E-state index < -0.39 is 0 Å². The highest BCUT2D eigenvalue weighted by molar-refractivity contribution is 5.92. The molecule has 1 aliphatic heterocycles. The average Bonchev–Trinajstić information content (AvgIpc) is 3.31. The van der Waals surface area contributed by atoms with Gasteiger partial charge in [-0.2, -0.15) is 5.10 Å². The summed E-state index contributed by atoms with van der Waals surface area (Å²) >= 11 is 0. The Morgan fingerprint density at radius 1 is 1.30 bits per heavy atom. The van der Waals surface area contributed by atoms with Gasteiger partial charge in [-0.05, 0) is 30.9 Å². The standard InChI is InChI=1S/C19H21N7O/c1-24-16-7-9-25(19(27)15-4-2-3-8-20-15)11-14(16)17(23-24)18-22-21-12-26(18)10-13-5-6-13/h2-4,8,12-13H,5-7,9-11H2,1H3. The Hall–Kier alpha value is -3.03. The first-order valence-electron chi connectivity index (χ1n) is 9.34. The maximum atomic E-state index is 12.8. The largest absolute Gasteiger partial charge is 0.332 e. The van der Waals surface area contributed by atoms with Crippen molar-refractivity contribution in [3.8, 4) is 11.5 Å². The van der Waals surface area contributed by atoms with Crippen molar-refractivity contribution in [1.29, 1.82) is 0 Å². The van der Waals surface area contributed by atoms with Crippen LogP contribution in [0.5, 0.6) is 0 Å². The molecular weight excluding hydrogens is 342 g/mol. The van der Waals surface area contributed by atoms with Gasteiger partial charge in [-0.3, -0.25) is 14.5 Å². The van der Waals surface area contributed by atoms with Crippen molar-refractivity contribution in [3.05, 3.63) is 47.7 Å². The van der Waals surface area contributed by atoms with Crippen LogP contribution in [0.2, 0.25) is 0 Å². The zero-order valence-corrected chi connectivity index (χ0v) is 15.2. The summed E-state index contributed by atoms with van der Waals surface area (Å²) in [5, 5.41) is 13.2. The normalized spacial score (nSPS) is 16.4. The van der Waals surface area contributed by atoms with Crippen molar-refractivity contribution in [1.82, 2.24) is 34.4 Å². The number of aryl methyl sites for hydroxylation is 1. The van der Waals surface area contributed by atoms with Gasteiger partial charge in [0.25, 0.3) is 5.91 Å². The molecule has 3 aromatic rings. The molecule has 3 aromatic heterocycles. The molecule has 1 fully saturated rings. The molecule has 0 atom stereocenters. The average molecular weight is 363 g/mol. The molecule has 0 unspecified atom stereocenters. The lowest BCUT2D eigenvalue weighted by atomic mass is 10.0. The van der Waals surface area contributed by atoms with E-state index in [9.17, 15) is 4.79 Å². The smallest absolute Gasteiger partial charge is 0.272 e. The minimum atomic E-state index is -0.0458. The first-order valence-corrected chi connectivity index (χ1v) is 9.34. The fourth-order valence-electron chi connectivity index (χ4n) is 3.75. The third-order valence-corrected chi connectivity index (χ3v) is 5.39. The van der Waals surface area contributed by atoms with Gasteiger partial charge in [-0.15, -0.1) is 10.2 Å². The van der Waals surface area contributed by atoms with Crippen LogP contribution in [0.3, 0.4) is 0 Å². The molecule has 0 bridgehead atoms. The SMILES string of the molecule is Cn1nc(-c2nncn2CC2CC2)c2c1CCN(C(=O)c1ccccn1)C2. The lowest BCUT2D eigenvalue weighted by Crippen LogP contribution is -2.36. The summed E-state index contributed by atoms with van der Waals surface area (Å²) in [5.74, 6) is 1.47. The van der Waals surface area contributed by atoms with Crippen LogP contribution in [0.1, 0.15) is 34.6 Å². The van der Waals surface area contributed by atoms with E-state index in [1.54, 1.807) is 18.6 Å². The van der Waals surface area contributed by atoms with Crippen LogP contribution in [0.15, 0.2) is 30.7 Å². The van der Waals surface area contributed by atoms with Gasteiger partial charge in [-0.1, -0.05) is 6.07 Å². The fourth-order valence-corrected chi connectivity index (χ4v) is 3.75. The third-order valence-electron chi connectivity index (χ3n) is 5.39. The molecule has 1 amide bonds. The molecule has 0 spiro atoms. The van der Waals surface area contributed by atoms with E-state index in [1.807, 2.05) is 28.8 Å². The molecule has 0 N–H and O–H groups in total. The van der Waals surface area contributed by atoms with Gasteiger partial charge in [0.05, 0.1) is 6.54 Å². The number of rotatable bonds is 4. The van der Waals surface area contributed by atoms with E-state index in [2.05, 4.69) is 19.7 Å². The van der Waals surface area contributed by atoms with Gasteiger partial charge in [0.2, 0.25) is 0 Å². The van der Waals surface area contributed by atoms with Gasteiger partial charge < -0.3 is 9.47 Å². The van der Waals surface area contributed by atoms with Crippen LogP contribution < -0.4 is 0 Å². The highest BCUT2D eigenvalue weighted by Gasteiger charge is 2.31. The van der Waals surface area contributed by atoms with Gasteiger partial charge in [0.1, 0.15) is 17.7 Å². The molecular formula is C19H21N7O. The Bertz CT molecular complexity index is 987. The fraction of sp³-hybridized carbons (Fsp3) is 0.421. The summed E-state index contributed by atoms with van der Waals surface area (Å²) in [6, 6.07) is 5.41. The molecule has 1 aliphatic carbocycles. The Labute approximate surface area is 156 Å². The third kappa shape index (κ3) is 2.90. The zero-order chi connectivity index (χ0) is 18.4. The quantitative estimate of drug-likeness (QED) is 0.704. The first kappa shape index (κ1) is 16.2. The van der Waals surface area contributed by atoms with Crippen LogP contribution in [-0.4, -0.2) is 46.9 Å². The monoisotopic (exact) mass is 363 g/mol. The van der Waals surface area contributed by atoms with Crippen molar-refractivity contribution >= 4 is 5.91 Å². The minimum absolute atomic E-state index is 0.0458. The summed E-state index contributed by atoms with van der Waals surface area (Å²) < 4.78 is 4.02.